The topological polar surface area (TPSA) is 98.0 Å². The van der Waals surface area contributed by atoms with E-state index >= 15 is 0 Å². The number of rotatable bonds is 3. The van der Waals surface area contributed by atoms with E-state index in [0.717, 1.165) is 6.07 Å². The van der Waals surface area contributed by atoms with Gasteiger partial charge < -0.3 is 20.3 Å². The average molecular weight is 252 g/mol. The molecule has 4 N–H and O–H groups in total. The van der Waals surface area contributed by atoms with Gasteiger partial charge in [0.1, 0.15) is 17.1 Å². The molecule has 0 amide bonds. The van der Waals surface area contributed by atoms with Crippen molar-refractivity contribution in [2.75, 3.05) is 0 Å². The van der Waals surface area contributed by atoms with Crippen LogP contribution in [0.5, 0.6) is 5.75 Å². The highest BCUT2D eigenvalue weighted by Gasteiger charge is 2.37. The van der Waals surface area contributed by atoms with Crippen LogP contribution in [0.4, 0.5) is 4.39 Å². The predicted molar refractivity (Wildman–Crippen MR) is 60.8 cm³/mol. The van der Waals surface area contributed by atoms with Crippen LogP contribution in [0.2, 0.25) is 5.82 Å². The van der Waals surface area contributed by atoms with Crippen molar-refractivity contribution < 1.29 is 29.4 Å². The molecule has 2 rings (SSSR count). The predicted octanol–water partition coefficient (Wildman–Crippen LogP) is 0.726. The van der Waals surface area contributed by atoms with Gasteiger partial charge in [0, 0.05) is 17.3 Å². The second-order valence-electron chi connectivity index (χ2n) is 4.07. The fraction of sp³-hybridized carbons (Fsp3) is 0.182. The van der Waals surface area contributed by atoms with Crippen molar-refractivity contribution in [3.8, 4) is 5.75 Å². The minimum atomic E-state index is -1.61. The second kappa shape index (κ2) is 4.43. The van der Waals surface area contributed by atoms with Crippen LogP contribution in [0.3, 0.4) is 0 Å². The molecule has 5 nitrogen and oxygen atoms in total. The lowest BCUT2D eigenvalue weighted by Crippen LogP contribution is -2.28. The van der Waals surface area contributed by atoms with E-state index < -0.39 is 42.0 Å². The highest BCUT2D eigenvalue weighted by molar-refractivity contribution is 6.44. The lowest BCUT2D eigenvalue weighted by Gasteiger charge is -2.29. The summed E-state index contributed by atoms with van der Waals surface area (Å²) < 4.78 is 13.3. The van der Waals surface area contributed by atoms with Crippen LogP contribution >= 0.6 is 0 Å². The number of phenols is 1. The van der Waals surface area contributed by atoms with Crippen molar-refractivity contribution in [3.05, 3.63) is 41.2 Å². The molecule has 0 aromatic heterocycles. The van der Waals surface area contributed by atoms with Gasteiger partial charge in [0.2, 0.25) is 0 Å². The first kappa shape index (κ1) is 12.6. The number of carboxylic acids is 1. The largest absolute Gasteiger partial charge is 0.507 e. The summed E-state index contributed by atoms with van der Waals surface area (Å²) in [5.74, 6) is -4.46. The highest BCUT2D eigenvalue weighted by Crippen LogP contribution is 2.45. The van der Waals surface area contributed by atoms with E-state index in [1.165, 1.54) is 12.1 Å². The molecule has 0 saturated carbocycles. The SMILES string of the molecule is O=C(O)c1c(F)ccc([C@H]2C=C[C@H]2B(O)O)c1O. The number of hydrogen-bond donors (Lipinski definition) is 4. The number of carboxylic acid groups (broad SMARTS) is 1. The molecule has 0 radical (unpaired) electrons. The number of aromatic carboxylic acids is 1. The first-order chi connectivity index (χ1) is 8.43. The third-order valence-electron chi connectivity index (χ3n) is 3.03. The molecule has 0 spiro atoms. The summed E-state index contributed by atoms with van der Waals surface area (Å²) in [4.78, 5) is 10.8. The molecule has 94 valence electrons. The summed E-state index contributed by atoms with van der Waals surface area (Å²) in [6, 6.07) is 2.17. The standard InChI is InChI=1S/C11H10BFO5/c13-8-4-2-6(10(14)9(8)11(15)16)5-1-3-7(5)12(17)18/h1-5,7,14,17-18H,(H,15,16)/t5-,7-/m1/s1. The van der Waals surface area contributed by atoms with Gasteiger partial charge in [-0.25, -0.2) is 9.18 Å². The van der Waals surface area contributed by atoms with E-state index in [0.29, 0.717) is 0 Å². The average Bonchev–Trinajstić information content (AvgIpc) is 2.19. The first-order valence-electron chi connectivity index (χ1n) is 5.22. The zero-order chi connectivity index (χ0) is 13.4. The summed E-state index contributed by atoms with van der Waals surface area (Å²) in [5.41, 5.74) is -0.645. The molecule has 1 aromatic rings. The molecule has 0 unspecified atom stereocenters. The van der Waals surface area contributed by atoms with E-state index in [2.05, 4.69) is 0 Å². The van der Waals surface area contributed by atoms with Crippen LogP contribution in [0, 0.1) is 5.82 Å². The van der Waals surface area contributed by atoms with E-state index in [4.69, 9.17) is 15.2 Å². The van der Waals surface area contributed by atoms with Gasteiger partial charge >= 0.3 is 13.1 Å². The van der Waals surface area contributed by atoms with Gasteiger partial charge in [-0.2, -0.15) is 0 Å². The van der Waals surface area contributed by atoms with Crippen molar-refractivity contribution >= 4 is 13.1 Å². The summed E-state index contributed by atoms with van der Waals surface area (Å²) >= 11 is 0. The molecular formula is C11H10BFO5. The van der Waals surface area contributed by atoms with Crippen LogP contribution in [-0.2, 0) is 0 Å². The number of benzene rings is 1. The number of allylic oxidation sites excluding steroid dienone is 2. The van der Waals surface area contributed by atoms with E-state index in [-0.39, 0.29) is 5.56 Å². The third kappa shape index (κ3) is 1.87. The molecule has 1 aromatic carbocycles. The van der Waals surface area contributed by atoms with Gasteiger partial charge in [0.15, 0.2) is 0 Å². The van der Waals surface area contributed by atoms with Crippen molar-refractivity contribution in [2.24, 2.45) is 0 Å². The Hall–Kier alpha value is -1.86. The van der Waals surface area contributed by atoms with E-state index in [9.17, 15) is 14.3 Å². The van der Waals surface area contributed by atoms with Gasteiger partial charge in [0.05, 0.1) is 0 Å². The lowest BCUT2D eigenvalue weighted by molar-refractivity contribution is 0.0688. The highest BCUT2D eigenvalue weighted by atomic mass is 19.1. The Morgan fingerprint density at radius 1 is 1.28 bits per heavy atom. The number of aromatic hydroxyl groups is 1. The van der Waals surface area contributed by atoms with E-state index in [1.54, 1.807) is 6.08 Å². The molecule has 0 aliphatic heterocycles. The zero-order valence-corrected chi connectivity index (χ0v) is 9.12. The van der Waals surface area contributed by atoms with Crippen LogP contribution in [0.25, 0.3) is 0 Å². The smallest absolute Gasteiger partial charge is 0.459 e. The molecule has 0 heterocycles. The summed E-state index contributed by atoms with van der Waals surface area (Å²) in [7, 11) is -1.61. The Kier molecular flexibility index (Phi) is 3.10. The fourth-order valence-electron chi connectivity index (χ4n) is 2.00. The Labute approximate surface area is 102 Å². The van der Waals surface area contributed by atoms with Crippen LogP contribution < -0.4 is 0 Å². The van der Waals surface area contributed by atoms with Gasteiger partial charge in [-0.1, -0.05) is 18.2 Å². The van der Waals surface area contributed by atoms with Crippen molar-refractivity contribution in [2.45, 2.75) is 11.7 Å². The number of hydrogen-bond acceptors (Lipinski definition) is 4. The molecule has 18 heavy (non-hydrogen) atoms. The summed E-state index contributed by atoms with van der Waals surface area (Å²) in [6.45, 7) is 0. The van der Waals surface area contributed by atoms with Gasteiger partial charge in [-0.15, -0.1) is 0 Å². The van der Waals surface area contributed by atoms with Gasteiger partial charge in [-0.3, -0.25) is 0 Å². The molecule has 1 aliphatic rings. The Bertz CT molecular complexity index is 528. The van der Waals surface area contributed by atoms with Crippen molar-refractivity contribution in [1.29, 1.82) is 0 Å². The summed E-state index contributed by atoms with van der Waals surface area (Å²) in [5, 5.41) is 36.7. The maximum absolute atomic E-state index is 13.3. The first-order valence-corrected chi connectivity index (χ1v) is 5.22. The fourth-order valence-corrected chi connectivity index (χ4v) is 2.00. The maximum atomic E-state index is 13.3. The molecule has 2 atom stereocenters. The Balaban J connectivity index is 2.45. The van der Waals surface area contributed by atoms with Crippen molar-refractivity contribution in [3.63, 3.8) is 0 Å². The molecular weight excluding hydrogens is 242 g/mol. The maximum Gasteiger partial charge on any atom is 0.459 e. The lowest BCUT2D eigenvalue weighted by atomic mass is 9.58. The van der Waals surface area contributed by atoms with Crippen molar-refractivity contribution in [1.82, 2.24) is 0 Å². The van der Waals surface area contributed by atoms with Crippen LogP contribution in [0.1, 0.15) is 21.8 Å². The molecule has 7 heteroatoms. The van der Waals surface area contributed by atoms with E-state index in [1.807, 2.05) is 0 Å². The number of halogens is 1. The minimum absolute atomic E-state index is 0.161. The minimum Gasteiger partial charge on any atom is -0.507 e. The zero-order valence-electron chi connectivity index (χ0n) is 9.12. The van der Waals surface area contributed by atoms with Crippen LogP contribution in [-0.4, -0.2) is 33.3 Å². The van der Waals surface area contributed by atoms with Gasteiger partial charge in [-0.05, 0) is 6.07 Å². The quantitative estimate of drug-likeness (QED) is 0.469. The van der Waals surface area contributed by atoms with Gasteiger partial charge in [0.25, 0.3) is 0 Å². The van der Waals surface area contributed by atoms with Crippen LogP contribution in [0.15, 0.2) is 24.3 Å². The number of carbonyl (C=O) groups is 1. The molecule has 0 saturated heterocycles. The Morgan fingerprint density at radius 2 is 1.94 bits per heavy atom. The Morgan fingerprint density at radius 3 is 2.39 bits per heavy atom. The second-order valence-corrected chi connectivity index (χ2v) is 4.07. The monoisotopic (exact) mass is 252 g/mol. The molecule has 1 aliphatic carbocycles. The molecule has 0 bridgehead atoms. The third-order valence-corrected chi connectivity index (χ3v) is 3.03. The molecule has 0 fully saturated rings. The summed E-state index contributed by atoms with van der Waals surface area (Å²) in [6.07, 6.45) is 3.11. The normalized spacial score (nSPS) is 21.5.